The molecule has 3 aromatic rings. The second-order valence-electron chi connectivity index (χ2n) is 5.05. The fourth-order valence-electron chi connectivity index (χ4n) is 2.25. The first-order valence-electron chi connectivity index (χ1n) is 6.41. The molecule has 0 aliphatic carbocycles. The Morgan fingerprint density at radius 3 is 2.65 bits per heavy atom. The van der Waals surface area contributed by atoms with E-state index in [4.69, 9.17) is 5.73 Å². The summed E-state index contributed by atoms with van der Waals surface area (Å²) in [4.78, 5) is 10.9. The number of rotatable bonds is 2. The van der Waals surface area contributed by atoms with Gasteiger partial charge < -0.3 is 15.2 Å². The van der Waals surface area contributed by atoms with Crippen molar-refractivity contribution in [3.05, 3.63) is 36.7 Å². The van der Waals surface area contributed by atoms with E-state index in [1.54, 1.807) is 6.20 Å². The summed E-state index contributed by atoms with van der Waals surface area (Å²) >= 11 is 0. The zero-order valence-corrected chi connectivity index (χ0v) is 11.8. The Labute approximate surface area is 117 Å². The van der Waals surface area contributed by atoms with E-state index in [0.29, 0.717) is 5.82 Å². The Hall–Kier alpha value is -2.56. The van der Waals surface area contributed by atoms with Crippen LogP contribution in [0.4, 0.5) is 11.5 Å². The van der Waals surface area contributed by atoms with E-state index in [1.165, 1.54) is 0 Å². The van der Waals surface area contributed by atoms with Crippen LogP contribution in [0.25, 0.3) is 22.3 Å². The van der Waals surface area contributed by atoms with Crippen LogP contribution in [0, 0.1) is 0 Å². The van der Waals surface area contributed by atoms with Crippen molar-refractivity contribution in [3.63, 3.8) is 0 Å². The molecule has 2 aromatic heterocycles. The minimum Gasteiger partial charge on any atom is -0.383 e. The van der Waals surface area contributed by atoms with Crippen LogP contribution in [-0.2, 0) is 7.05 Å². The third-order valence-electron chi connectivity index (χ3n) is 3.41. The van der Waals surface area contributed by atoms with Crippen molar-refractivity contribution in [2.45, 2.75) is 0 Å². The standard InChI is InChI=1S/C15H17N5/c1-19(2)11-5-4-10-8-12(14(16)18-13(10)9-11)15-17-6-7-20(15)3/h4-9H,1-3H3,(H2,16,18). The fraction of sp³-hybridized carbons (Fsp3) is 0.200. The van der Waals surface area contributed by atoms with E-state index in [-0.39, 0.29) is 0 Å². The molecule has 0 atom stereocenters. The van der Waals surface area contributed by atoms with Gasteiger partial charge in [-0.1, -0.05) is 6.07 Å². The summed E-state index contributed by atoms with van der Waals surface area (Å²) in [7, 11) is 5.96. The number of nitrogen functional groups attached to an aromatic ring is 1. The van der Waals surface area contributed by atoms with Gasteiger partial charge in [-0.2, -0.15) is 0 Å². The van der Waals surface area contributed by atoms with Crippen LogP contribution < -0.4 is 10.6 Å². The van der Waals surface area contributed by atoms with E-state index >= 15 is 0 Å². The maximum atomic E-state index is 6.09. The first-order chi connectivity index (χ1) is 9.56. The summed E-state index contributed by atoms with van der Waals surface area (Å²) in [6.45, 7) is 0. The molecule has 3 rings (SSSR count). The van der Waals surface area contributed by atoms with Gasteiger partial charge in [-0.05, 0) is 18.2 Å². The zero-order valence-electron chi connectivity index (χ0n) is 11.8. The SMILES string of the molecule is CN(C)c1ccc2cc(-c3nccn3C)c(N)nc2c1. The molecule has 2 heterocycles. The number of nitrogens with two attached hydrogens (primary N) is 1. The molecule has 0 bridgehead atoms. The summed E-state index contributed by atoms with van der Waals surface area (Å²) in [6, 6.07) is 8.21. The topological polar surface area (TPSA) is 60.0 Å². The minimum atomic E-state index is 0.503. The van der Waals surface area contributed by atoms with Crippen LogP contribution in [0.3, 0.4) is 0 Å². The first kappa shape index (κ1) is 12.5. The highest BCUT2D eigenvalue weighted by Gasteiger charge is 2.11. The first-order valence-corrected chi connectivity index (χ1v) is 6.41. The maximum Gasteiger partial charge on any atom is 0.143 e. The number of imidazole rings is 1. The molecule has 0 aliphatic rings. The molecule has 0 saturated carbocycles. The van der Waals surface area contributed by atoms with Gasteiger partial charge in [0.25, 0.3) is 0 Å². The van der Waals surface area contributed by atoms with Gasteiger partial charge >= 0.3 is 0 Å². The monoisotopic (exact) mass is 267 g/mol. The predicted octanol–water partition coefficient (Wildman–Crippen LogP) is 2.28. The Bertz CT molecular complexity index is 773. The fourth-order valence-corrected chi connectivity index (χ4v) is 2.25. The lowest BCUT2D eigenvalue weighted by Gasteiger charge is -2.13. The van der Waals surface area contributed by atoms with Crippen molar-refractivity contribution in [2.75, 3.05) is 24.7 Å². The number of fused-ring (bicyclic) bond motifs is 1. The van der Waals surface area contributed by atoms with Crippen molar-refractivity contribution in [2.24, 2.45) is 7.05 Å². The number of nitrogens with zero attached hydrogens (tertiary/aromatic N) is 4. The van der Waals surface area contributed by atoms with Gasteiger partial charge in [-0.15, -0.1) is 0 Å². The van der Waals surface area contributed by atoms with Crippen LogP contribution in [0.5, 0.6) is 0 Å². The summed E-state index contributed by atoms with van der Waals surface area (Å²) in [6.07, 6.45) is 3.65. The summed E-state index contributed by atoms with van der Waals surface area (Å²) in [5.74, 6) is 1.33. The number of anilines is 2. The van der Waals surface area contributed by atoms with Crippen molar-refractivity contribution in [1.29, 1.82) is 0 Å². The van der Waals surface area contributed by atoms with Crippen molar-refractivity contribution in [1.82, 2.24) is 14.5 Å². The van der Waals surface area contributed by atoms with Crippen molar-refractivity contribution < 1.29 is 0 Å². The summed E-state index contributed by atoms with van der Waals surface area (Å²) < 4.78 is 1.94. The molecule has 0 fully saturated rings. The second-order valence-corrected chi connectivity index (χ2v) is 5.05. The normalized spacial score (nSPS) is 10.9. The third kappa shape index (κ3) is 1.97. The quantitative estimate of drug-likeness (QED) is 0.774. The molecule has 0 radical (unpaired) electrons. The van der Waals surface area contributed by atoms with Gasteiger partial charge in [0.2, 0.25) is 0 Å². The highest BCUT2D eigenvalue weighted by molar-refractivity contribution is 5.89. The number of aromatic nitrogens is 3. The third-order valence-corrected chi connectivity index (χ3v) is 3.41. The lowest BCUT2D eigenvalue weighted by molar-refractivity contribution is 0.925. The number of hydrogen-bond acceptors (Lipinski definition) is 4. The highest BCUT2D eigenvalue weighted by atomic mass is 15.1. The number of hydrogen-bond donors (Lipinski definition) is 1. The summed E-state index contributed by atoms with van der Waals surface area (Å²) in [5, 5.41) is 1.06. The smallest absolute Gasteiger partial charge is 0.143 e. The van der Waals surface area contributed by atoms with E-state index in [0.717, 1.165) is 28.0 Å². The second kappa shape index (κ2) is 4.52. The average Bonchev–Trinajstić information content (AvgIpc) is 2.83. The average molecular weight is 267 g/mol. The molecule has 5 heteroatoms. The molecule has 2 N–H and O–H groups in total. The number of pyridine rings is 1. The number of aryl methyl sites for hydroxylation is 1. The summed E-state index contributed by atoms with van der Waals surface area (Å²) in [5.41, 5.74) is 8.96. The van der Waals surface area contributed by atoms with Gasteiger partial charge in [0.15, 0.2) is 0 Å². The zero-order chi connectivity index (χ0) is 14.3. The molecule has 102 valence electrons. The molecule has 0 amide bonds. The number of benzene rings is 1. The Kier molecular flexibility index (Phi) is 2.82. The van der Waals surface area contributed by atoms with Crippen LogP contribution in [0.15, 0.2) is 36.7 Å². The predicted molar refractivity (Wildman–Crippen MR) is 82.7 cm³/mol. The van der Waals surface area contributed by atoms with Gasteiger partial charge in [0, 0.05) is 44.6 Å². The van der Waals surface area contributed by atoms with Crippen LogP contribution in [-0.4, -0.2) is 28.6 Å². The largest absolute Gasteiger partial charge is 0.383 e. The molecular formula is C15H17N5. The van der Waals surface area contributed by atoms with E-state index in [9.17, 15) is 0 Å². The Balaban J connectivity index is 2.20. The van der Waals surface area contributed by atoms with Gasteiger partial charge in [-0.25, -0.2) is 9.97 Å². The molecule has 5 nitrogen and oxygen atoms in total. The Morgan fingerprint density at radius 1 is 1.20 bits per heavy atom. The van der Waals surface area contributed by atoms with E-state index in [1.807, 2.05) is 48.9 Å². The molecular weight excluding hydrogens is 250 g/mol. The van der Waals surface area contributed by atoms with Gasteiger partial charge in [-0.3, -0.25) is 0 Å². The molecule has 1 aromatic carbocycles. The molecule has 0 unspecified atom stereocenters. The maximum absolute atomic E-state index is 6.09. The van der Waals surface area contributed by atoms with Crippen molar-refractivity contribution >= 4 is 22.4 Å². The van der Waals surface area contributed by atoms with Crippen LogP contribution in [0.2, 0.25) is 0 Å². The minimum absolute atomic E-state index is 0.503. The van der Waals surface area contributed by atoms with E-state index in [2.05, 4.69) is 22.1 Å². The highest BCUT2D eigenvalue weighted by Crippen LogP contribution is 2.28. The Morgan fingerprint density at radius 2 is 2.00 bits per heavy atom. The lowest BCUT2D eigenvalue weighted by Crippen LogP contribution is -2.08. The van der Waals surface area contributed by atoms with Crippen LogP contribution >= 0.6 is 0 Å². The lowest BCUT2D eigenvalue weighted by atomic mass is 10.1. The molecule has 0 spiro atoms. The molecule has 0 aliphatic heterocycles. The van der Waals surface area contributed by atoms with E-state index < -0.39 is 0 Å². The van der Waals surface area contributed by atoms with Gasteiger partial charge in [0.05, 0.1) is 11.1 Å². The van der Waals surface area contributed by atoms with Crippen LogP contribution in [0.1, 0.15) is 0 Å². The van der Waals surface area contributed by atoms with Crippen molar-refractivity contribution in [3.8, 4) is 11.4 Å². The molecule has 20 heavy (non-hydrogen) atoms. The molecule has 0 saturated heterocycles. The van der Waals surface area contributed by atoms with Gasteiger partial charge in [0.1, 0.15) is 11.6 Å².